The Balaban J connectivity index is 2.06. The Morgan fingerprint density at radius 2 is 2.18 bits per heavy atom. The lowest BCUT2D eigenvalue weighted by atomic mass is 10.3. The van der Waals surface area contributed by atoms with Gasteiger partial charge in [-0.3, -0.25) is 5.32 Å². The first kappa shape index (κ1) is 11.2. The fourth-order valence-electron chi connectivity index (χ4n) is 1.40. The minimum atomic E-state index is -0.445. The molecular weight excluding hydrogens is 218 g/mol. The van der Waals surface area contributed by atoms with Crippen molar-refractivity contribution < 1.29 is 9.53 Å². The number of hydrogen-bond donors (Lipinski definition) is 1. The fraction of sp³-hybridized carbons (Fsp3) is 0.167. The van der Waals surface area contributed by atoms with Crippen molar-refractivity contribution >= 4 is 11.8 Å². The summed E-state index contributed by atoms with van der Waals surface area (Å²) in [5, 5.41) is 6.74. The zero-order valence-corrected chi connectivity index (χ0v) is 9.46. The molecule has 2 rings (SSSR count). The zero-order chi connectivity index (χ0) is 12.1. The van der Waals surface area contributed by atoms with Gasteiger partial charge in [0.1, 0.15) is 0 Å². The number of anilines is 1. The van der Waals surface area contributed by atoms with Gasteiger partial charge in [0.2, 0.25) is 0 Å². The summed E-state index contributed by atoms with van der Waals surface area (Å²) < 4.78 is 6.52. The maximum absolute atomic E-state index is 11.2. The second kappa shape index (κ2) is 5.16. The summed E-state index contributed by atoms with van der Waals surface area (Å²) in [7, 11) is 0. The first-order chi connectivity index (χ1) is 8.29. The van der Waals surface area contributed by atoms with Crippen LogP contribution >= 0.6 is 0 Å². The van der Waals surface area contributed by atoms with Crippen molar-refractivity contribution in [3.8, 4) is 5.69 Å². The number of ether oxygens (including phenoxy) is 1. The Morgan fingerprint density at radius 3 is 2.76 bits per heavy atom. The molecule has 1 aromatic carbocycles. The fourth-order valence-corrected chi connectivity index (χ4v) is 1.40. The first-order valence-corrected chi connectivity index (χ1v) is 5.33. The standard InChI is InChI=1S/C12H13N3O2/c1-2-17-12(16)14-10-4-6-11(7-5-10)15-9-3-8-13-15/h3-9H,2H2,1H3,(H,14,16). The molecule has 17 heavy (non-hydrogen) atoms. The SMILES string of the molecule is CCOC(=O)Nc1ccc(-n2cccn2)cc1. The number of carbonyl (C=O) groups excluding carboxylic acids is 1. The van der Waals surface area contributed by atoms with Crippen LogP contribution in [0.2, 0.25) is 0 Å². The average Bonchev–Trinajstić information content (AvgIpc) is 2.84. The van der Waals surface area contributed by atoms with Crippen LogP contribution in [0.25, 0.3) is 5.69 Å². The zero-order valence-electron chi connectivity index (χ0n) is 9.46. The van der Waals surface area contributed by atoms with Crippen LogP contribution in [0.15, 0.2) is 42.7 Å². The Kier molecular flexibility index (Phi) is 3.40. The molecule has 0 radical (unpaired) electrons. The van der Waals surface area contributed by atoms with Gasteiger partial charge in [0.05, 0.1) is 12.3 Å². The van der Waals surface area contributed by atoms with Crippen molar-refractivity contribution in [2.24, 2.45) is 0 Å². The van der Waals surface area contributed by atoms with Gasteiger partial charge < -0.3 is 4.74 Å². The van der Waals surface area contributed by atoms with Crippen LogP contribution in [0.4, 0.5) is 10.5 Å². The van der Waals surface area contributed by atoms with Crippen molar-refractivity contribution in [1.82, 2.24) is 9.78 Å². The molecule has 0 spiro atoms. The number of aromatic nitrogens is 2. The van der Waals surface area contributed by atoms with E-state index in [1.807, 2.05) is 24.4 Å². The van der Waals surface area contributed by atoms with Gasteiger partial charge in [-0.05, 0) is 37.3 Å². The van der Waals surface area contributed by atoms with Crippen LogP contribution in [-0.2, 0) is 4.74 Å². The largest absolute Gasteiger partial charge is 0.450 e. The predicted molar refractivity (Wildman–Crippen MR) is 64.2 cm³/mol. The summed E-state index contributed by atoms with van der Waals surface area (Å²) in [5.74, 6) is 0. The number of amides is 1. The third-order valence-electron chi connectivity index (χ3n) is 2.16. The third kappa shape index (κ3) is 2.84. The van der Waals surface area contributed by atoms with Crippen molar-refractivity contribution in [2.75, 3.05) is 11.9 Å². The van der Waals surface area contributed by atoms with Gasteiger partial charge in [-0.15, -0.1) is 0 Å². The lowest BCUT2D eigenvalue weighted by molar-refractivity contribution is 0.168. The summed E-state index contributed by atoms with van der Waals surface area (Å²) in [6, 6.07) is 9.19. The predicted octanol–water partition coefficient (Wildman–Crippen LogP) is 2.44. The van der Waals surface area contributed by atoms with E-state index in [2.05, 4.69) is 10.4 Å². The first-order valence-electron chi connectivity index (χ1n) is 5.33. The smallest absolute Gasteiger partial charge is 0.411 e. The lowest BCUT2D eigenvalue weighted by Gasteiger charge is -2.06. The van der Waals surface area contributed by atoms with Gasteiger partial charge >= 0.3 is 6.09 Å². The van der Waals surface area contributed by atoms with Crippen LogP contribution in [0.1, 0.15) is 6.92 Å². The molecule has 0 aliphatic rings. The molecule has 5 heteroatoms. The minimum Gasteiger partial charge on any atom is -0.450 e. The molecule has 1 heterocycles. The summed E-state index contributed by atoms with van der Waals surface area (Å²) in [6.45, 7) is 2.12. The van der Waals surface area contributed by atoms with E-state index in [4.69, 9.17) is 4.74 Å². The van der Waals surface area contributed by atoms with Gasteiger partial charge in [0, 0.05) is 18.1 Å². The highest BCUT2D eigenvalue weighted by atomic mass is 16.5. The van der Waals surface area contributed by atoms with Gasteiger partial charge in [0.25, 0.3) is 0 Å². The van der Waals surface area contributed by atoms with Gasteiger partial charge in [-0.2, -0.15) is 5.10 Å². The van der Waals surface area contributed by atoms with E-state index < -0.39 is 6.09 Å². The summed E-state index contributed by atoms with van der Waals surface area (Å²) >= 11 is 0. The molecule has 1 amide bonds. The maximum atomic E-state index is 11.2. The van der Waals surface area contributed by atoms with E-state index in [0.29, 0.717) is 12.3 Å². The summed E-state index contributed by atoms with van der Waals surface area (Å²) in [5.41, 5.74) is 1.63. The van der Waals surface area contributed by atoms with Crippen LogP contribution in [0.5, 0.6) is 0 Å². The molecule has 0 saturated heterocycles. The Morgan fingerprint density at radius 1 is 1.41 bits per heavy atom. The van der Waals surface area contributed by atoms with E-state index in [1.54, 1.807) is 29.9 Å². The number of benzene rings is 1. The van der Waals surface area contributed by atoms with Gasteiger partial charge in [0.15, 0.2) is 0 Å². The molecule has 2 aromatic rings. The molecule has 0 atom stereocenters. The Bertz CT molecular complexity index is 477. The van der Waals surface area contributed by atoms with E-state index in [0.717, 1.165) is 5.69 Å². The minimum absolute atomic E-state index is 0.358. The molecule has 1 aromatic heterocycles. The van der Waals surface area contributed by atoms with Crippen molar-refractivity contribution in [3.05, 3.63) is 42.7 Å². The number of carbonyl (C=O) groups is 1. The second-order valence-electron chi connectivity index (χ2n) is 3.34. The van der Waals surface area contributed by atoms with E-state index >= 15 is 0 Å². The highest BCUT2D eigenvalue weighted by Crippen LogP contribution is 2.12. The van der Waals surface area contributed by atoms with Crippen molar-refractivity contribution in [2.45, 2.75) is 6.92 Å². The molecular formula is C12H13N3O2. The molecule has 5 nitrogen and oxygen atoms in total. The molecule has 0 unspecified atom stereocenters. The molecule has 0 aliphatic carbocycles. The highest BCUT2D eigenvalue weighted by molar-refractivity contribution is 5.84. The topological polar surface area (TPSA) is 56.1 Å². The summed E-state index contributed by atoms with van der Waals surface area (Å²) in [4.78, 5) is 11.2. The number of nitrogens with zero attached hydrogens (tertiary/aromatic N) is 2. The summed E-state index contributed by atoms with van der Waals surface area (Å²) in [6.07, 6.45) is 3.12. The monoisotopic (exact) mass is 231 g/mol. The second-order valence-corrected chi connectivity index (χ2v) is 3.34. The average molecular weight is 231 g/mol. The molecule has 0 aliphatic heterocycles. The maximum Gasteiger partial charge on any atom is 0.411 e. The lowest BCUT2D eigenvalue weighted by Crippen LogP contribution is -2.13. The molecule has 1 N–H and O–H groups in total. The van der Waals surface area contributed by atoms with Crippen LogP contribution in [0.3, 0.4) is 0 Å². The van der Waals surface area contributed by atoms with Crippen LogP contribution in [0, 0.1) is 0 Å². The molecule has 0 bridgehead atoms. The van der Waals surface area contributed by atoms with E-state index in [9.17, 15) is 4.79 Å². The van der Waals surface area contributed by atoms with Gasteiger partial charge in [-0.1, -0.05) is 0 Å². The Hall–Kier alpha value is -2.30. The third-order valence-corrected chi connectivity index (χ3v) is 2.16. The Labute approximate surface area is 99.0 Å². The van der Waals surface area contributed by atoms with Crippen LogP contribution in [-0.4, -0.2) is 22.5 Å². The normalized spacial score (nSPS) is 9.94. The van der Waals surface area contributed by atoms with Crippen molar-refractivity contribution in [3.63, 3.8) is 0 Å². The molecule has 0 fully saturated rings. The highest BCUT2D eigenvalue weighted by Gasteiger charge is 2.02. The molecule has 0 saturated carbocycles. The van der Waals surface area contributed by atoms with Gasteiger partial charge in [-0.25, -0.2) is 9.48 Å². The van der Waals surface area contributed by atoms with Crippen molar-refractivity contribution in [1.29, 1.82) is 0 Å². The van der Waals surface area contributed by atoms with Crippen LogP contribution < -0.4 is 5.32 Å². The molecule has 88 valence electrons. The number of nitrogens with one attached hydrogen (secondary N) is 1. The van der Waals surface area contributed by atoms with E-state index in [1.165, 1.54) is 0 Å². The van der Waals surface area contributed by atoms with E-state index in [-0.39, 0.29) is 0 Å². The number of hydrogen-bond acceptors (Lipinski definition) is 3. The quantitative estimate of drug-likeness (QED) is 0.882. The number of rotatable bonds is 3.